The second-order valence-corrected chi connectivity index (χ2v) is 8.97. The smallest absolute Gasteiger partial charge is 0.133 e. The minimum absolute atomic E-state index is 0.477. The van der Waals surface area contributed by atoms with Gasteiger partial charge in [0.2, 0.25) is 0 Å². The van der Waals surface area contributed by atoms with Gasteiger partial charge in [-0.2, -0.15) is 0 Å². The fourth-order valence-corrected chi connectivity index (χ4v) is 6.98. The average molecular weight is 300 g/mol. The lowest BCUT2D eigenvalue weighted by Gasteiger charge is -2.54. The van der Waals surface area contributed by atoms with Crippen LogP contribution in [0.4, 0.5) is 0 Å². The van der Waals surface area contributed by atoms with Crippen LogP contribution in [0.25, 0.3) is 0 Å². The Morgan fingerprint density at radius 2 is 1.95 bits per heavy atom. The van der Waals surface area contributed by atoms with E-state index in [4.69, 9.17) is 0 Å². The molecule has 0 aromatic rings. The number of fused-ring (bicyclic) bond motifs is 6. The lowest BCUT2D eigenvalue weighted by Crippen LogP contribution is -2.48. The number of rotatable bonds is 0. The van der Waals surface area contributed by atoms with Crippen molar-refractivity contribution in [1.29, 1.82) is 0 Å². The number of hydrogen-bond donors (Lipinski definition) is 0. The lowest BCUT2D eigenvalue weighted by molar-refractivity contribution is -0.131. The Hall–Kier alpha value is -0.590. The molecule has 0 aliphatic heterocycles. The predicted molar refractivity (Wildman–Crippen MR) is 90.5 cm³/mol. The van der Waals surface area contributed by atoms with Crippen LogP contribution < -0.4 is 0 Å². The van der Waals surface area contributed by atoms with Crippen molar-refractivity contribution in [2.75, 3.05) is 0 Å². The highest BCUT2D eigenvalue weighted by Gasteiger charge is 2.53. The van der Waals surface area contributed by atoms with Crippen LogP contribution in [0.1, 0.15) is 78.1 Å². The second-order valence-electron chi connectivity index (χ2n) is 8.97. The normalized spacial score (nSPS) is 50.2. The van der Waals surface area contributed by atoms with Crippen molar-refractivity contribution >= 4 is 5.78 Å². The van der Waals surface area contributed by atoms with Gasteiger partial charge >= 0.3 is 0 Å². The van der Waals surface area contributed by atoms with E-state index >= 15 is 0 Å². The SMILES string of the molecule is C/C=C1/CC[C@@H]2C[C@H]1CCC1C2CCC2CC(=O)CC[C@@]21C. The van der Waals surface area contributed by atoms with Gasteiger partial charge in [0, 0.05) is 12.8 Å². The quantitative estimate of drug-likeness (QED) is 0.536. The highest BCUT2D eigenvalue weighted by atomic mass is 16.1. The van der Waals surface area contributed by atoms with Gasteiger partial charge in [-0.15, -0.1) is 0 Å². The molecular weight excluding hydrogens is 268 g/mol. The highest BCUT2D eigenvalue weighted by Crippen LogP contribution is 2.61. The van der Waals surface area contributed by atoms with Crippen molar-refractivity contribution in [3.8, 4) is 0 Å². The highest BCUT2D eigenvalue weighted by molar-refractivity contribution is 5.79. The Labute approximate surface area is 135 Å². The van der Waals surface area contributed by atoms with Gasteiger partial charge < -0.3 is 0 Å². The minimum Gasteiger partial charge on any atom is -0.300 e. The Morgan fingerprint density at radius 3 is 2.77 bits per heavy atom. The summed E-state index contributed by atoms with van der Waals surface area (Å²) in [6.07, 6.45) is 15.3. The Balaban J connectivity index is 1.62. The molecule has 0 N–H and O–H groups in total. The molecule has 0 radical (unpaired) electrons. The summed E-state index contributed by atoms with van der Waals surface area (Å²) in [6, 6.07) is 0. The summed E-state index contributed by atoms with van der Waals surface area (Å²) < 4.78 is 0. The van der Waals surface area contributed by atoms with Crippen molar-refractivity contribution in [3.63, 3.8) is 0 Å². The zero-order chi connectivity index (χ0) is 15.3. The molecule has 4 fully saturated rings. The number of carbonyl (C=O) groups excluding carboxylic acids is 1. The molecule has 0 amide bonds. The topological polar surface area (TPSA) is 17.1 Å². The first-order valence-corrected chi connectivity index (χ1v) is 9.78. The van der Waals surface area contributed by atoms with Crippen molar-refractivity contribution < 1.29 is 4.79 Å². The molecule has 4 aliphatic carbocycles. The van der Waals surface area contributed by atoms with Crippen LogP contribution in [0.2, 0.25) is 0 Å². The van der Waals surface area contributed by atoms with Crippen LogP contribution >= 0.6 is 0 Å². The fourth-order valence-electron chi connectivity index (χ4n) is 6.98. The third-order valence-electron chi connectivity index (χ3n) is 8.28. The van der Waals surface area contributed by atoms with Crippen LogP contribution in [0.15, 0.2) is 11.6 Å². The van der Waals surface area contributed by atoms with Crippen LogP contribution in [-0.2, 0) is 4.79 Å². The summed E-state index contributed by atoms with van der Waals surface area (Å²) in [5.41, 5.74) is 2.24. The van der Waals surface area contributed by atoms with Crippen molar-refractivity contribution in [2.24, 2.45) is 35.0 Å². The largest absolute Gasteiger partial charge is 0.300 e. The molecule has 0 heterocycles. The van der Waals surface area contributed by atoms with Gasteiger partial charge in [0.1, 0.15) is 5.78 Å². The molecule has 2 bridgehead atoms. The van der Waals surface area contributed by atoms with E-state index in [-0.39, 0.29) is 0 Å². The van der Waals surface area contributed by atoms with E-state index in [2.05, 4.69) is 19.9 Å². The molecule has 0 spiro atoms. The minimum atomic E-state index is 0.477. The fraction of sp³-hybridized carbons (Fsp3) is 0.857. The summed E-state index contributed by atoms with van der Waals surface area (Å²) in [5, 5.41) is 0. The van der Waals surface area contributed by atoms with Crippen molar-refractivity contribution in [2.45, 2.75) is 78.1 Å². The molecule has 22 heavy (non-hydrogen) atoms. The molecule has 0 aromatic heterocycles. The Bertz CT molecular complexity index is 490. The molecule has 122 valence electrons. The van der Waals surface area contributed by atoms with Crippen LogP contribution in [0.3, 0.4) is 0 Å². The van der Waals surface area contributed by atoms with Gasteiger partial charge in [-0.25, -0.2) is 0 Å². The van der Waals surface area contributed by atoms with Crippen LogP contribution in [0, 0.1) is 35.0 Å². The lowest BCUT2D eigenvalue weighted by atomic mass is 9.50. The molecular formula is C21H32O. The molecule has 1 nitrogen and oxygen atoms in total. The maximum atomic E-state index is 11.9. The van der Waals surface area contributed by atoms with Crippen molar-refractivity contribution in [1.82, 2.24) is 0 Å². The van der Waals surface area contributed by atoms with E-state index in [0.29, 0.717) is 17.1 Å². The van der Waals surface area contributed by atoms with E-state index in [1.165, 1.54) is 51.4 Å². The predicted octanol–water partition coefficient (Wildman–Crippen LogP) is 5.54. The third-order valence-corrected chi connectivity index (χ3v) is 8.28. The maximum absolute atomic E-state index is 11.9. The number of ketones is 1. The molecule has 6 atom stereocenters. The Morgan fingerprint density at radius 1 is 1.09 bits per heavy atom. The first-order chi connectivity index (χ1) is 10.6. The molecule has 0 saturated heterocycles. The zero-order valence-electron chi connectivity index (χ0n) is 14.4. The molecule has 3 unspecified atom stereocenters. The van der Waals surface area contributed by atoms with Crippen LogP contribution in [0.5, 0.6) is 0 Å². The Kier molecular flexibility index (Phi) is 3.74. The van der Waals surface area contributed by atoms with Gasteiger partial charge in [-0.1, -0.05) is 18.6 Å². The van der Waals surface area contributed by atoms with E-state index < -0.39 is 0 Å². The summed E-state index contributed by atoms with van der Waals surface area (Å²) in [4.78, 5) is 11.9. The maximum Gasteiger partial charge on any atom is 0.133 e. The summed E-state index contributed by atoms with van der Waals surface area (Å²) in [6.45, 7) is 4.81. The van der Waals surface area contributed by atoms with E-state index in [1.807, 2.05) is 0 Å². The molecule has 1 heteroatoms. The number of carbonyl (C=O) groups is 1. The third kappa shape index (κ3) is 2.22. The average Bonchev–Trinajstić information content (AvgIpc) is 2.67. The second kappa shape index (κ2) is 5.49. The van der Waals surface area contributed by atoms with Gasteiger partial charge in [0.05, 0.1) is 0 Å². The van der Waals surface area contributed by atoms with Gasteiger partial charge in [0.15, 0.2) is 0 Å². The standard InChI is InChI=1S/C21H32O/c1-3-14-4-5-16-12-15(14)6-9-20-19(16)8-7-17-13-18(22)10-11-21(17,20)2/h3,15-17,19-20H,4-13H2,1-2H3/b14-3-/t15-,16-,17?,19?,20?,21+/m1/s1. The van der Waals surface area contributed by atoms with Gasteiger partial charge in [0.25, 0.3) is 0 Å². The molecule has 0 aromatic carbocycles. The number of allylic oxidation sites excluding steroid dienone is 2. The van der Waals surface area contributed by atoms with E-state index in [1.54, 1.807) is 5.57 Å². The molecule has 4 saturated carbocycles. The number of hydrogen-bond acceptors (Lipinski definition) is 1. The monoisotopic (exact) mass is 300 g/mol. The summed E-state index contributed by atoms with van der Waals surface area (Å²) >= 11 is 0. The van der Waals surface area contributed by atoms with E-state index in [9.17, 15) is 4.79 Å². The van der Waals surface area contributed by atoms with Gasteiger partial charge in [-0.3, -0.25) is 4.79 Å². The molecule has 4 aliphatic rings. The zero-order valence-corrected chi connectivity index (χ0v) is 14.4. The van der Waals surface area contributed by atoms with Crippen LogP contribution in [-0.4, -0.2) is 5.78 Å². The first kappa shape index (κ1) is 15.0. The van der Waals surface area contributed by atoms with Gasteiger partial charge in [-0.05, 0) is 93.3 Å². The molecule has 4 rings (SSSR count). The van der Waals surface area contributed by atoms with E-state index in [0.717, 1.165) is 36.5 Å². The summed E-state index contributed by atoms with van der Waals surface area (Å²) in [7, 11) is 0. The number of Topliss-reactive ketones (excluding diaryl/α,β-unsaturated/α-hetero) is 1. The first-order valence-electron chi connectivity index (χ1n) is 9.78. The summed E-state index contributed by atoms with van der Waals surface area (Å²) in [5.74, 6) is 5.00. The van der Waals surface area contributed by atoms with Crippen molar-refractivity contribution in [3.05, 3.63) is 11.6 Å².